The molecule has 2 aromatic carbocycles. The fourth-order valence-corrected chi connectivity index (χ4v) is 3.23. The second-order valence-electron chi connectivity index (χ2n) is 6.44. The van der Waals surface area contributed by atoms with Gasteiger partial charge in [-0.25, -0.2) is 0 Å². The van der Waals surface area contributed by atoms with E-state index in [-0.39, 0.29) is 16.7 Å². The number of carbonyl (C=O) groups excluding carboxylic acids is 1. The molecule has 0 saturated carbocycles. The Balaban J connectivity index is 2.37. The lowest BCUT2D eigenvalue weighted by atomic mass is 9.93. The monoisotopic (exact) mass is 346 g/mol. The first-order chi connectivity index (χ1) is 12.4. The number of rotatable bonds is 3. The minimum absolute atomic E-state index is 0.00815. The normalized spacial score (nSPS) is 10.9. The number of pyridine rings is 1. The van der Waals surface area contributed by atoms with Gasteiger partial charge in [0.1, 0.15) is 11.6 Å². The van der Waals surface area contributed by atoms with Crippen molar-refractivity contribution < 1.29 is 9.90 Å². The van der Waals surface area contributed by atoms with Crippen LogP contribution in [0.1, 0.15) is 46.9 Å². The number of carbonyl (C=O) groups is 1. The Bertz CT molecular complexity index is 1130. The zero-order valence-corrected chi connectivity index (χ0v) is 14.8. The predicted molar refractivity (Wildman–Crippen MR) is 99.6 cm³/mol. The van der Waals surface area contributed by atoms with E-state index in [1.54, 1.807) is 26.0 Å². The summed E-state index contributed by atoms with van der Waals surface area (Å²) >= 11 is 0. The number of aromatic hydroxyl groups is 1. The van der Waals surface area contributed by atoms with Gasteiger partial charge < -0.3 is 5.11 Å². The van der Waals surface area contributed by atoms with Gasteiger partial charge in [0.05, 0.1) is 5.56 Å². The number of hydrogen-bond acceptors (Lipinski definition) is 4. The van der Waals surface area contributed by atoms with Crippen LogP contribution in [0.25, 0.3) is 10.8 Å². The van der Waals surface area contributed by atoms with Crippen molar-refractivity contribution in [1.82, 2.24) is 4.57 Å². The van der Waals surface area contributed by atoms with Crippen LogP contribution >= 0.6 is 0 Å². The topological polar surface area (TPSA) is 83.1 Å². The van der Waals surface area contributed by atoms with E-state index >= 15 is 0 Å². The molecule has 0 saturated heterocycles. The molecule has 0 atom stereocenters. The molecule has 0 aliphatic heterocycles. The second-order valence-corrected chi connectivity index (χ2v) is 6.44. The van der Waals surface area contributed by atoms with E-state index in [0.717, 1.165) is 15.3 Å². The maximum Gasteiger partial charge on any atom is 0.271 e. The van der Waals surface area contributed by atoms with Gasteiger partial charge in [0.25, 0.3) is 5.56 Å². The molecular weight excluding hydrogens is 328 g/mol. The summed E-state index contributed by atoms with van der Waals surface area (Å²) in [6.07, 6.45) is 0. The smallest absolute Gasteiger partial charge is 0.271 e. The van der Waals surface area contributed by atoms with E-state index in [1.165, 1.54) is 6.92 Å². The van der Waals surface area contributed by atoms with Crippen molar-refractivity contribution >= 4 is 16.6 Å². The van der Waals surface area contributed by atoms with Gasteiger partial charge >= 0.3 is 0 Å². The first-order valence-electron chi connectivity index (χ1n) is 8.29. The van der Waals surface area contributed by atoms with Gasteiger partial charge in [-0.15, -0.1) is 0 Å². The van der Waals surface area contributed by atoms with E-state index in [4.69, 9.17) is 0 Å². The molecule has 5 nitrogen and oxygen atoms in total. The number of nitrogens with zero attached hydrogens (tertiary/aromatic N) is 2. The van der Waals surface area contributed by atoms with Crippen molar-refractivity contribution in [3.63, 3.8) is 0 Å². The van der Waals surface area contributed by atoms with Gasteiger partial charge in [0.2, 0.25) is 5.88 Å². The van der Waals surface area contributed by atoms with Crippen LogP contribution in [0.3, 0.4) is 0 Å². The molecule has 0 spiro atoms. The molecule has 26 heavy (non-hydrogen) atoms. The van der Waals surface area contributed by atoms with Crippen LogP contribution < -0.4 is 5.56 Å². The molecule has 0 radical (unpaired) electrons. The number of nitriles is 1. The van der Waals surface area contributed by atoms with Crippen LogP contribution in [-0.2, 0) is 0 Å². The lowest BCUT2D eigenvalue weighted by Crippen LogP contribution is -2.28. The Kier molecular flexibility index (Phi) is 4.35. The molecule has 0 fully saturated rings. The summed E-state index contributed by atoms with van der Waals surface area (Å²) in [4.78, 5) is 25.7. The third-order valence-corrected chi connectivity index (χ3v) is 4.52. The maximum atomic E-state index is 13.3. The Morgan fingerprint density at radius 2 is 1.81 bits per heavy atom. The Labute approximate surface area is 150 Å². The van der Waals surface area contributed by atoms with Crippen molar-refractivity contribution in [2.24, 2.45) is 0 Å². The number of fused-ring (bicyclic) bond motifs is 1. The number of aromatic nitrogens is 1. The van der Waals surface area contributed by atoms with Crippen molar-refractivity contribution in [2.45, 2.75) is 26.8 Å². The Morgan fingerprint density at radius 3 is 2.46 bits per heavy atom. The number of benzene rings is 2. The number of ketones is 1. The second kappa shape index (κ2) is 6.49. The van der Waals surface area contributed by atoms with Crippen LogP contribution in [0.2, 0.25) is 0 Å². The van der Waals surface area contributed by atoms with Gasteiger partial charge in [-0.3, -0.25) is 14.2 Å². The molecule has 3 rings (SSSR count). The highest BCUT2D eigenvalue weighted by atomic mass is 16.3. The molecule has 5 heteroatoms. The lowest BCUT2D eigenvalue weighted by molar-refractivity contribution is 0.103. The predicted octanol–water partition coefficient (Wildman–Crippen LogP) is 3.70. The lowest BCUT2D eigenvalue weighted by Gasteiger charge is -2.18. The molecule has 0 unspecified atom stereocenters. The van der Waals surface area contributed by atoms with Crippen molar-refractivity contribution in [3.05, 3.63) is 75.1 Å². The van der Waals surface area contributed by atoms with Gasteiger partial charge in [-0.05, 0) is 37.1 Å². The summed E-state index contributed by atoms with van der Waals surface area (Å²) in [5, 5.41) is 21.7. The van der Waals surface area contributed by atoms with Crippen LogP contribution in [0.5, 0.6) is 5.88 Å². The highest BCUT2D eigenvalue weighted by Gasteiger charge is 2.26. The summed E-state index contributed by atoms with van der Waals surface area (Å²) in [5.41, 5.74) is -0.109. The third kappa shape index (κ3) is 2.56. The third-order valence-electron chi connectivity index (χ3n) is 4.52. The molecule has 1 N–H and O–H groups in total. The van der Waals surface area contributed by atoms with Crippen molar-refractivity contribution in [2.75, 3.05) is 0 Å². The van der Waals surface area contributed by atoms with Crippen LogP contribution in [0.4, 0.5) is 0 Å². The first kappa shape index (κ1) is 17.4. The fourth-order valence-electron chi connectivity index (χ4n) is 3.23. The first-order valence-corrected chi connectivity index (χ1v) is 8.29. The minimum atomic E-state index is -0.591. The maximum absolute atomic E-state index is 13.3. The average Bonchev–Trinajstić information content (AvgIpc) is 2.61. The molecular formula is C21H18N2O3. The van der Waals surface area contributed by atoms with E-state index in [1.807, 2.05) is 36.4 Å². The van der Waals surface area contributed by atoms with Gasteiger partial charge in [0, 0.05) is 11.6 Å². The van der Waals surface area contributed by atoms with E-state index < -0.39 is 23.3 Å². The van der Waals surface area contributed by atoms with E-state index in [0.29, 0.717) is 5.56 Å². The molecule has 0 bridgehead atoms. The van der Waals surface area contributed by atoms with E-state index in [2.05, 4.69) is 0 Å². The van der Waals surface area contributed by atoms with Crippen LogP contribution in [0, 0.1) is 18.3 Å². The summed E-state index contributed by atoms with van der Waals surface area (Å²) < 4.78 is 1.09. The molecule has 0 aliphatic carbocycles. The summed E-state index contributed by atoms with van der Waals surface area (Å²) in [6.45, 7) is 4.94. The highest BCUT2D eigenvalue weighted by Crippen LogP contribution is 2.29. The molecule has 3 aromatic rings. The minimum Gasteiger partial charge on any atom is -0.494 e. The Hall–Kier alpha value is -3.39. The molecule has 1 aromatic heterocycles. The fraction of sp³-hybridized carbons (Fsp3) is 0.190. The quantitative estimate of drug-likeness (QED) is 0.733. The largest absolute Gasteiger partial charge is 0.494 e. The van der Waals surface area contributed by atoms with Crippen LogP contribution in [-0.4, -0.2) is 15.5 Å². The summed E-state index contributed by atoms with van der Waals surface area (Å²) in [6, 6.07) is 14.3. The van der Waals surface area contributed by atoms with Crippen molar-refractivity contribution in [1.29, 1.82) is 5.26 Å². The zero-order chi connectivity index (χ0) is 19.0. The highest BCUT2D eigenvalue weighted by molar-refractivity contribution is 6.18. The van der Waals surface area contributed by atoms with Gasteiger partial charge in [-0.1, -0.05) is 42.5 Å². The average molecular weight is 346 g/mol. The SMILES string of the molecule is Cc1c(C(=O)c2cccc3ccccc23)c(O)n(C(C)C)c(=O)c1C#N. The summed E-state index contributed by atoms with van der Waals surface area (Å²) in [5.74, 6) is -0.817. The van der Waals surface area contributed by atoms with Crippen molar-refractivity contribution in [3.8, 4) is 11.9 Å². The molecule has 0 aliphatic rings. The van der Waals surface area contributed by atoms with Gasteiger partial charge in [0.15, 0.2) is 5.78 Å². The number of hydrogen-bond donors (Lipinski definition) is 1. The molecule has 130 valence electrons. The van der Waals surface area contributed by atoms with E-state index in [9.17, 15) is 20.0 Å². The molecule has 1 heterocycles. The van der Waals surface area contributed by atoms with Gasteiger partial charge in [-0.2, -0.15) is 5.26 Å². The Morgan fingerprint density at radius 1 is 1.15 bits per heavy atom. The summed E-state index contributed by atoms with van der Waals surface area (Å²) in [7, 11) is 0. The zero-order valence-electron chi connectivity index (χ0n) is 14.8. The van der Waals surface area contributed by atoms with Crippen LogP contribution in [0.15, 0.2) is 47.3 Å². The molecule has 0 amide bonds. The standard InChI is InChI=1S/C21H18N2O3/c1-12(2)23-20(25)17(11-22)13(3)18(21(23)26)19(24)16-10-6-8-14-7-4-5-9-15(14)16/h4-10,12,26H,1-3H3.